The minimum absolute atomic E-state index is 0.0810. The molecule has 14 heavy (non-hydrogen) atoms. The van der Waals surface area contributed by atoms with Crippen LogP contribution in [-0.2, 0) is 9.47 Å². The predicted molar refractivity (Wildman–Crippen MR) is 40.7 cm³/mol. The molecular weight excluding hydrogens is 197 g/mol. The zero-order chi connectivity index (χ0) is 9.97. The van der Waals surface area contributed by atoms with Crippen molar-refractivity contribution in [1.29, 1.82) is 0 Å². The van der Waals surface area contributed by atoms with Gasteiger partial charge in [-0.1, -0.05) is 0 Å². The molecule has 80 valence electrons. The molecule has 0 aromatic rings. The molecule has 2 saturated heterocycles. The first kappa shape index (κ1) is 8.97. The van der Waals surface area contributed by atoms with Gasteiger partial charge in [-0.05, 0) is 12.8 Å². The van der Waals surface area contributed by atoms with Crippen molar-refractivity contribution in [3.8, 4) is 0 Å². The van der Waals surface area contributed by atoms with Crippen molar-refractivity contribution < 1.29 is 22.6 Å². The maximum Gasteiger partial charge on any atom is 0.392 e. The molecule has 0 N–H and O–H groups in total. The molecule has 0 aromatic carbocycles. The summed E-state index contributed by atoms with van der Waals surface area (Å²) >= 11 is 0. The molecule has 2 heterocycles. The second kappa shape index (κ2) is 2.44. The molecule has 1 spiro atoms. The molecule has 1 saturated carbocycles. The van der Waals surface area contributed by atoms with Crippen LogP contribution in [0.3, 0.4) is 0 Å². The van der Waals surface area contributed by atoms with Crippen LogP contribution in [-0.4, -0.2) is 31.6 Å². The van der Waals surface area contributed by atoms with E-state index in [-0.39, 0.29) is 31.8 Å². The Morgan fingerprint density at radius 1 is 1.14 bits per heavy atom. The molecule has 3 atom stereocenters. The molecule has 2 aliphatic heterocycles. The van der Waals surface area contributed by atoms with Gasteiger partial charge in [-0.2, -0.15) is 13.2 Å². The van der Waals surface area contributed by atoms with Crippen LogP contribution in [0.25, 0.3) is 0 Å². The van der Waals surface area contributed by atoms with Gasteiger partial charge in [-0.25, -0.2) is 0 Å². The molecule has 3 fully saturated rings. The fourth-order valence-electron chi connectivity index (χ4n) is 2.76. The van der Waals surface area contributed by atoms with Gasteiger partial charge in [0.1, 0.15) is 0 Å². The summed E-state index contributed by atoms with van der Waals surface area (Å²) in [4.78, 5) is 0. The van der Waals surface area contributed by atoms with E-state index in [4.69, 9.17) is 9.47 Å². The highest BCUT2D eigenvalue weighted by Gasteiger charge is 2.65. The lowest BCUT2D eigenvalue weighted by atomic mass is 9.64. The zero-order valence-corrected chi connectivity index (χ0v) is 7.51. The van der Waals surface area contributed by atoms with Crippen molar-refractivity contribution in [3.05, 3.63) is 0 Å². The summed E-state index contributed by atoms with van der Waals surface area (Å²) in [6.45, 7) is 0.507. The Bertz CT molecular complexity index is 259. The summed E-state index contributed by atoms with van der Waals surface area (Å²) in [7, 11) is 0. The van der Waals surface area contributed by atoms with Gasteiger partial charge in [0.25, 0.3) is 0 Å². The minimum atomic E-state index is -4.10. The summed E-state index contributed by atoms with van der Waals surface area (Å²) in [5.41, 5.74) is -0.657. The molecule has 0 aromatic heterocycles. The van der Waals surface area contributed by atoms with Crippen LogP contribution in [0.4, 0.5) is 13.2 Å². The van der Waals surface area contributed by atoms with E-state index in [9.17, 15) is 13.2 Å². The van der Waals surface area contributed by atoms with Gasteiger partial charge in [-0.3, -0.25) is 0 Å². The number of ether oxygens (including phenoxy) is 2. The van der Waals surface area contributed by atoms with Gasteiger partial charge in [-0.15, -0.1) is 0 Å². The summed E-state index contributed by atoms with van der Waals surface area (Å²) in [5, 5.41) is 0. The average Bonchev–Trinajstić information content (AvgIpc) is 2.74. The van der Waals surface area contributed by atoms with Crippen LogP contribution < -0.4 is 0 Å². The van der Waals surface area contributed by atoms with E-state index in [1.807, 2.05) is 0 Å². The molecular formula is C9H11F3O2. The molecule has 0 radical (unpaired) electrons. The van der Waals surface area contributed by atoms with E-state index in [1.54, 1.807) is 0 Å². The molecule has 5 heteroatoms. The number of hydrogen-bond donors (Lipinski definition) is 0. The molecule has 1 aliphatic carbocycles. The SMILES string of the molecule is FC(F)(F)C1CC2OC2CC12COC2. The standard InChI is InChI=1S/C9H11F3O2/c10-9(11,12)7-1-5-6(14-5)2-8(7)3-13-4-8/h5-7H,1-4H2. The third-order valence-corrected chi connectivity index (χ3v) is 3.68. The topological polar surface area (TPSA) is 21.8 Å². The first-order valence-electron chi connectivity index (χ1n) is 4.81. The number of alkyl halides is 3. The average molecular weight is 208 g/mol. The molecule has 0 amide bonds. The van der Waals surface area contributed by atoms with Crippen LogP contribution in [0.15, 0.2) is 0 Å². The first-order chi connectivity index (χ1) is 6.51. The molecule has 0 bridgehead atoms. The van der Waals surface area contributed by atoms with Crippen LogP contribution in [0, 0.1) is 11.3 Å². The van der Waals surface area contributed by atoms with Crippen molar-refractivity contribution in [2.45, 2.75) is 31.2 Å². The van der Waals surface area contributed by atoms with Gasteiger partial charge in [0.05, 0.1) is 31.3 Å². The van der Waals surface area contributed by atoms with E-state index in [2.05, 4.69) is 0 Å². The Morgan fingerprint density at radius 2 is 1.86 bits per heavy atom. The monoisotopic (exact) mass is 208 g/mol. The van der Waals surface area contributed by atoms with E-state index >= 15 is 0 Å². The van der Waals surface area contributed by atoms with Crippen molar-refractivity contribution in [1.82, 2.24) is 0 Å². The fraction of sp³-hybridized carbons (Fsp3) is 1.00. The third-order valence-electron chi connectivity index (χ3n) is 3.68. The van der Waals surface area contributed by atoms with Crippen molar-refractivity contribution >= 4 is 0 Å². The van der Waals surface area contributed by atoms with E-state index in [0.717, 1.165) is 0 Å². The van der Waals surface area contributed by atoms with Crippen molar-refractivity contribution in [3.63, 3.8) is 0 Å². The van der Waals surface area contributed by atoms with Gasteiger partial charge in [0.15, 0.2) is 0 Å². The minimum Gasteiger partial charge on any atom is -0.380 e. The smallest absolute Gasteiger partial charge is 0.380 e. The highest BCUT2D eigenvalue weighted by molar-refractivity contribution is 5.07. The van der Waals surface area contributed by atoms with E-state index < -0.39 is 17.5 Å². The second-order valence-corrected chi connectivity index (χ2v) is 4.60. The van der Waals surface area contributed by atoms with Crippen LogP contribution in [0.2, 0.25) is 0 Å². The number of epoxide rings is 1. The van der Waals surface area contributed by atoms with Crippen LogP contribution in [0.5, 0.6) is 0 Å². The predicted octanol–water partition coefficient (Wildman–Crippen LogP) is 1.74. The molecule has 3 aliphatic rings. The van der Waals surface area contributed by atoms with Gasteiger partial charge < -0.3 is 9.47 Å². The quantitative estimate of drug-likeness (QED) is 0.565. The molecule has 3 rings (SSSR count). The zero-order valence-electron chi connectivity index (χ0n) is 7.51. The molecule has 2 nitrogen and oxygen atoms in total. The molecule has 3 unspecified atom stereocenters. The maximum atomic E-state index is 12.7. The first-order valence-corrected chi connectivity index (χ1v) is 4.81. The lowest BCUT2D eigenvalue weighted by Gasteiger charge is -2.49. The highest BCUT2D eigenvalue weighted by atomic mass is 19.4. The Kier molecular flexibility index (Phi) is 1.57. The Morgan fingerprint density at radius 3 is 2.36 bits per heavy atom. The number of halogens is 3. The van der Waals surface area contributed by atoms with Crippen LogP contribution in [0.1, 0.15) is 12.8 Å². The summed E-state index contributed by atoms with van der Waals surface area (Å²) in [5.74, 6) is -1.22. The Hall–Kier alpha value is -0.290. The highest BCUT2D eigenvalue weighted by Crippen LogP contribution is 2.58. The summed E-state index contributed by atoms with van der Waals surface area (Å²) in [6.07, 6.45) is -3.48. The summed E-state index contributed by atoms with van der Waals surface area (Å²) in [6, 6.07) is 0. The largest absolute Gasteiger partial charge is 0.392 e. The van der Waals surface area contributed by atoms with E-state index in [1.165, 1.54) is 0 Å². The lowest BCUT2D eigenvalue weighted by Crippen LogP contribution is -2.56. The lowest BCUT2D eigenvalue weighted by molar-refractivity contribution is -0.266. The Labute approximate surface area is 79.4 Å². The third kappa shape index (κ3) is 1.11. The number of rotatable bonds is 0. The fourth-order valence-corrected chi connectivity index (χ4v) is 2.76. The number of fused-ring (bicyclic) bond motifs is 1. The second-order valence-electron chi connectivity index (χ2n) is 4.60. The van der Waals surface area contributed by atoms with Gasteiger partial charge in [0.2, 0.25) is 0 Å². The summed E-state index contributed by atoms with van der Waals surface area (Å²) < 4.78 is 48.3. The van der Waals surface area contributed by atoms with Crippen LogP contribution >= 0.6 is 0 Å². The van der Waals surface area contributed by atoms with Crippen molar-refractivity contribution in [2.24, 2.45) is 11.3 Å². The van der Waals surface area contributed by atoms with Gasteiger partial charge in [0, 0.05) is 5.41 Å². The Balaban J connectivity index is 1.85. The van der Waals surface area contributed by atoms with E-state index in [0.29, 0.717) is 6.42 Å². The van der Waals surface area contributed by atoms with Crippen molar-refractivity contribution in [2.75, 3.05) is 13.2 Å². The van der Waals surface area contributed by atoms with Gasteiger partial charge >= 0.3 is 6.18 Å². The number of hydrogen-bond acceptors (Lipinski definition) is 2. The normalized spacial score (nSPS) is 44.4. The maximum absolute atomic E-state index is 12.7.